The minimum absolute atomic E-state index is 0.0784. The van der Waals surface area contributed by atoms with E-state index in [1.807, 2.05) is 11.0 Å². The Labute approximate surface area is 125 Å². The van der Waals surface area contributed by atoms with Crippen molar-refractivity contribution in [3.63, 3.8) is 0 Å². The molecule has 1 unspecified atom stereocenters. The molecule has 1 heterocycles. The lowest BCUT2D eigenvalue weighted by Crippen LogP contribution is -2.43. The molecule has 0 spiro atoms. The third-order valence-electron chi connectivity index (χ3n) is 4.10. The van der Waals surface area contributed by atoms with E-state index in [0.717, 1.165) is 24.9 Å². The Hall–Kier alpha value is -1.84. The topological polar surface area (TPSA) is 57.6 Å². The summed E-state index contributed by atoms with van der Waals surface area (Å²) in [5, 5.41) is 9.01. The Kier molecular flexibility index (Phi) is 4.35. The van der Waals surface area contributed by atoms with E-state index in [4.69, 9.17) is 5.11 Å². The van der Waals surface area contributed by atoms with Crippen LogP contribution in [0, 0.1) is 5.41 Å². The van der Waals surface area contributed by atoms with Gasteiger partial charge in [-0.05, 0) is 36.0 Å². The van der Waals surface area contributed by atoms with Gasteiger partial charge in [0.05, 0.1) is 12.0 Å². The second-order valence-electron chi connectivity index (χ2n) is 6.79. The number of amides is 1. The minimum Gasteiger partial charge on any atom is -0.478 e. The lowest BCUT2D eigenvalue weighted by molar-refractivity contribution is -0.133. The molecule has 1 amide bonds. The van der Waals surface area contributed by atoms with Gasteiger partial charge in [-0.1, -0.05) is 32.9 Å². The van der Waals surface area contributed by atoms with Gasteiger partial charge in [-0.15, -0.1) is 0 Å². The van der Waals surface area contributed by atoms with Crippen molar-refractivity contribution in [1.29, 1.82) is 0 Å². The standard InChI is InChI=1S/C17H23NO3/c1-17(2,3)14-8-5-9-18(14)15(19)11-12-6-4-7-13(10-12)16(20)21/h4,6-7,10,14H,5,8-9,11H2,1-3H3,(H,20,21). The number of carbonyl (C=O) groups is 2. The number of carboxylic acid groups (broad SMARTS) is 1. The zero-order chi connectivity index (χ0) is 15.6. The summed E-state index contributed by atoms with van der Waals surface area (Å²) < 4.78 is 0. The van der Waals surface area contributed by atoms with Crippen LogP contribution in [-0.2, 0) is 11.2 Å². The third-order valence-corrected chi connectivity index (χ3v) is 4.10. The fraction of sp³-hybridized carbons (Fsp3) is 0.529. The first-order chi connectivity index (χ1) is 9.79. The quantitative estimate of drug-likeness (QED) is 0.930. The maximum atomic E-state index is 12.5. The number of hydrogen-bond acceptors (Lipinski definition) is 2. The molecule has 0 saturated carbocycles. The number of carbonyl (C=O) groups excluding carboxylic acids is 1. The molecule has 21 heavy (non-hydrogen) atoms. The molecule has 1 atom stereocenters. The van der Waals surface area contributed by atoms with Crippen LogP contribution < -0.4 is 0 Å². The van der Waals surface area contributed by atoms with Gasteiger partial charge in [-0.25, -0.2) is 4.79 Å². The van der Waals surface area contributed by atoms with E-state index >= 15 is 0 Å². The van der Waals surface area contributed by atoms with Crippen molar-refractivity contribution in [1.82, 2.24) is 4.90 Å². The SMILES string of the molecule is CC(C)(C)C1CCCN1C(=O)Cc1cccc(C(=O)O)c1. The lowest BCUT2D eigenvalue weighted by Gasteiger charge is -2.35. The van der Waals surface area contributed by atoms with Gasteiger partial charge in [0.2, 0.25) is 5.91 Å². The van der Waals surface area contributed by atoms with E-state index in [1.54, 1.807) is 18.2 Å². The molecular formula is C17H23NO3. The Bertz CT molecular complexity index is 545. The van der Waals surface area contributed by atoms with E-state index in [1.165, 1.54) is 0 Å². The highest BCUT2D eigenvalue weighted by molar-refractivity contribution is 5.88. The number of carboxylic acids is 1. The molecular weight excluding hydrogens is 266 g/mol. The number of aromatic carboxylic acids is 1. The fourth-order valence-corrected chi connectivity index (χ4v) is 3.06. The van der Waals surface area contributed by atoms with Gasteiger partial charge in [0.25, 0.3) is 0 Å². The molecule has 1 saturated heterocycles. The highest BCUT2D eigenvalue weighted by atomic mass is 16.4. The van der Waals surface area contributed by atoms with Gasteiger partial charge in [-0.3, -0.25) is 4.79 Å². The molecule has 1 aliphatic heterocycles. The summed E-state index contributed by atoms with van der Waals surface area (Å²) in [6.07, 6.45) is 2.36. The largest absolute Gasteiger partial charge is 0.478 e. The maximum Gasteiger partial charge on any atom is 0.335 e. The van der Waals surface area contributed by atoms with Crippen molar-refractivity contribution in [2.75, 3.05) is 6.54 Å². The smallest absolute Gasteiger partial charge is 0.335 e. The number of benzene rings is 1. The molecule has 1 fully saturated rings. The maximum absolute atomic E-state index is 12.5. The van der Waals surface area contributed by atoms with Crippen molar-refractivity contribution in [3.05, 3.63) is 35.4 Å². The molecule has 4 heteroatoms. The van der Waals surface area contributed by atoms with Gasteiger partial charge in [0.15, 0.2) is 0 Å². The summed E-state index contributed by atoms with van der Waals surface area (Å²) in [4.78, 5) is 25.5. The number of hydrogen-bond donors (Lipinski definition) is 1. The second-order valence-corrected chi connectivity index (χ2v) is 6.79. The zero-order valence-electron chi connectivity index (χ0n) is 12.9. The van der Waals surface area contributed by atoms with Crippen LogP contribution in [0.2, 0.25) is 0 Å². The summed E-state index contributed by atoms with van der Waals surface area (Å²) in [6.45, 7) is 7.29. The fourth-order valence-electron chi connectivity index (χ4n) is 3.06. The van der Waals surface area contributed by atoms with E-state index in [9.17, 15) is 9.59 Å². The summed E-state index contributed by atoms with van der Waals surface area (Å²) in [5.41, 5.74) is 1.07. The minimum atomic E-state index is -0.960. The number of rotatable bonds is 3. The first-order valence-corrected chi connectivity index (χ1v) is 7.41. The van der Waals surface area contributed by atoms with Crippen molar-refractivity contribution in [2.45, 2.75) is 46.1 Å². The van der Waals surface area contributed by atoms with Crippen LogP contribution in [0.3, 0.4) is 0 Å². The third kappa shape index (κ3) is 3.63. The molecule has 1 N–H and O–H groups in total. The molecule has 0 bridgehead atoms. The number of nitrogens with zero attached hydrogens (tertiary/aromatic N) is 1. The Morgan fingerprint density at radius 1 is 1.33 bits per heavy atom. The average molecular weight is 289 g/mol. The normalized spacial score (nSPS) is 18.8. The molecule has 114 valence electrons. The molecule has 1 aromatic rings. The molecule has 1 aromatic carbocycles. The zero-order valence-corrected chi connectivity index (χ0v) is 12.9. The lowest BCUT2D eigenvalue weighted by atomic mass is 9.85. The van der Waals surface area contributed by atoms with Crippen LogP contribution >= 0.6 is 0 Å². The monoisotopic (exact) mass is 289 g/mol. The van der Waals surface area contributed by atoms with Gasteiger partial charge in [0, 0.05) is 12.6 Å². The van der Waals surface area contributed by atoms with Crippen LogP contribution in [0.4, 0.5) is 0 Å². The average Bonchev–Trinajstić information content (AvgIpc) is 2.88. The van der Waals surface area contributed by atoms with Crippen LogP contribution in [-0.4, -0.2) is 34.5 Å². The van der Waals surface area contributed by atoms with Crippen LogP contribution in [0.1, 0.15) is 49.5 Å². The Morgan fingerprint density at radius 2 is 2.05 bits per heavy atom. The van der Waals surface area contributed by atoms with Crippen molar-refractivity contribution >= 4 is 11.9 Å². The predicted octanol–water partition coefficient (Wildman–Crippen LogP) is 2.96. The van der Waals surface area contributed by atoms with Crippen molar-refractivity contribution < 1.29 is 14.7 Å². The summed E-state index contributed by atoms with van der Waals surface area (Å²) >= 11 is 0. The summed E-state index contributed by atoms with van der Waals surface area (Å²) in [7, 11) is 0. The Balaban J connectivity index is 2.11. The molecule has 2 rings (SSSR count). The molecule has 1 aliphatic rings. The van der Waals surface area contributed by atoms with Crippen molar-refractivity contribution in [2.24, 2.45) is 5.41 Å². The van der Waals surface area contributed by atoms with Crippen LogP contribution in [0.15, 0.2) is 24.3 Å². The summed E-state index contributed by atoms with van der Waals surface area (Å²) in [6, 6.07) is 6.91. The van der Waals surface area contributed by atoms with E-state index in [0.29, 0.717) is 0 Å². The highest BCUT2D eigenvalue weighted by Crippen LogP contribution is 2.33. The molecule has 0 aliphatic carbocycles. The first kappa shape index (κ1) is 15.5. The molecule has 0 aromatic heterocycles. The number of likely N-dealkylation sites (tertiary alicyclic amines) is 1. The van der Waals surface area contributed by atoms with Crippen LogP contribution in [0.25, 0.3) is 0 Å². The van der Waals surface area contributed by atoms with Gasteiger partial charge < -0.3 is 10.0 Å². The van der Waals surface area contributed by atoms with E-state index in [-0.39, 0.29) is 29.3 Å². The highest BCUT2D eigenvalue weighted by Gasteiger charge is 2.36. The van der Waals surface area contributed by atoms with Gasteiger partial charge >= 0.3 is 5.97 Å². The Morgan fingerprint density at radius 3 is 2.67 bits per heavy atom. The van der Waals surface area contributed by atoms with E-state index < -0.39 is 5.97 Å². The van der Waals surface area contributed by atoms with Gasteiger partial charge in [-0.2, -0.15) is 0 Å². The van der Waals surface area contributed by atoms with Crippen molar-refractivity contribution in [3.8, 4) is 0 Å². The second kappa shape index (κ2) is 5.88. The predicted molar refractivity (Wildman–Crippen MR) is 81.3 cm³/mol. The van der Waals surface area contributed by atoms with Gasteiger partial charge in [0.1, 0.15) is 0 Å². The first-order valence-electron chi connectivity index (χ1n) is 7.41. The summed E-state index contributed by atoms with van der Waals surface area (Å²) in [5.74, 6) is -0.868. The molecule has 0 radical (unpaired) electrons. The van der Waals surface area contributed by atoms with Crippen LogP contribution in [0.5, 0.6) is 0 Å². The van der Waals surface area contributed by atoms with E-state index in [2.05, 4.69) is 20.8 Å². The molecule has 4 nitrogen and oxygen atoms in total.